The zero-order valence-electron chi connectivity index (χ0n) is 15.0. The van der Waals surface area contributed by atoms with E-state index in [1.165, 1.54) is 43.2 Å². The van der Waals surface area contributed by atoms with Crippen LogP contribution in [0.1, 0.15) is 128 Å². The van der Waals surface area contributed by atoms with Gasteiger partial charge in [-0.2, -0.15) is 0 Å². The zero-order valence-corrected chi connectivity index (χ0v) is 15.0. The van der Waals surface area contributed by atoms with Crippen molar-refractivity contribution in [3.8, 4) is 0 Å². The van der Waals surface area contributed by atoms with Gasteiger partial charge in [-0.25, -0.2) is 0 Å². The molecule has 0 saturated heterocycles. The molecule has 0 spiro atoms. The molecule has 30 heavy (non-hydrogen) atoms. The highest BCUT2D eigenvalue weighted by Gasteiger charge is 2.14. The fourth-order valence-electron chi connectivity index (χ4n) is 3.59. The van der Waals surface area contributed by atoms with E-state index in [0.29, 0.717) is 5.92 Å². The van der Waals surface area contributed by atoms with E-state index in [1.54, 1.807) is 0 Å². The standard InChI is InChI=1S/C23H32.7CH4/c1-4-21(23-16-9-6-10-17-23)18-19(2)12-11-13-20(3)22-14-7-5-8-15-22;;;;;;;/h5-10,14-17,19-21H,4,11-13,18H2,1-3H3;7*1H4. The second kappa shape index (κ2) is 23.7. The molecule has 0 aliphatic rings. The Balaban J connectivity index is -0.000000206. The van der Waals surface area contributed by atoms with E-state index in [1.807, 2.05) is 0 Å². The molecule has 0 aliphatic carbocycles. The predicted octanol–water partition coefficient (Wildman–Crippen LogP) is 11.6. The lowest BCUT2D eigenvalue weighted by molar-refractivity contribution is 0.410. The lowest BCUT2D eigenvalue weighted by atomic mass is 9.85. The Morgan fingerprint density at radius 2 is 1.03 bits per heavy atom. The Morgan fingerprint density at radius 3 is 1.47 bits per heavy atom. The minimum Gasteiger partial charge on any atom is -0.0776 e. The summed E-state index contributed by atoms with van der Waals surface area (Å²) >= 11 is 0. The van der Waals surface area contributed by atoms with Crippen molar-refractivity contribution in [1.82, 2.24) is 0 Å². The van der Waals surface area contributed by atoms with E-state index in [0.717, 1.165) is 11.8 Å². The molecule has 0 fully saturated rings. The largest absolute Gasteiger partial charge is 0.0776 e. The molecule has 0 saturated carbocycles. The predicted molar refractivity (Wildman–Crippen MR) is 149 cm³/mol. The minimum atomic E-state index is 0. The van der Waals surface area contributed by atoms with Crippen molar-refractivity contribution in [3.63, 3.8) is 0 Å². The van der Waals surface area contributed by atoms with Gasteiger partial charge in [0.1, 0.15) is 0 Å². The first kappa shape index (κ1) is 42.5. The second-order valence-corrected chi connectivity index (χ2v) is 7.10. The topological polar surface area (TPSA) is 0 Å². The molecule has 0 amide bonds. The molecular weight excluding hydrogens is 360 g/mol. The van der Waals surface area contributed by atoms with Crippen LogP contribution in [0.15, 0.2) is 60.7 Å². The van der Waals surface area contributed by atoms with Gasteiger partial charge in [0.05, 0.1) is 0 Å². The summed E-state index contributed by atoms with van der Waals surface area (Å²) < 4.78 is 0. The van der Waals surface area contributed by atoms with Crippen molar-refractivity contribution in [2.75, 3.05) is 0 Å². The number of rotatable bonds is 9. The molecule has 0 bridgehead atoms. The maximum atomic E-state index is 2.43. The lowest BCUT2D eigenvalue weighted by Crippen LogP contribution is -2.05. The van der Waals surface area contributed by atoms with E-state index in [9.17, 15) is 0 Å². The van der Waals surface area contributed by atoms with Gasteiger partial charge in [-0.1, -0.05) is 146 Å². The van der Waals surface area contributed by atoms with Gasteiger partial charge in [-0.05, 0) is 48.1 Å². The van der Waals surface area contributed by atoms with E-state index >= 15 is 0 Å². The summed E-state index contributed by atoms with van der Waals surface area (Å²) in [6.45, 7) is 7.11. The van der Waals surface area contributed by atoms with E-state index in [4.69, 9.17) is 0 Å². The Morgan fingerprint density at radius 1 is 0.600 bits per heavy atom. The van der Waals surface area contributed by atoms with Crippen LogP contribution in [0.3, 0.4) is 0 Å². The number of benzene rings is 2. The number of hydrogen-bond donors (Lipinski definition) is 0. The highest BCUT2D eigenvalue weighted by atomic mass is 14.2. The van der Waals surface area contributed by atoms with Gasteiger partial charge in [-0.3, -0.25) is 0 Å². The van der Waals surface area contributed by atoms with Gasteiger partial charge in [0, 0.05) is 0 Å². The molecule has 0 aromatic heterocycles. The number of hydrogen-bond acceptors (Lipinski definition) is 0. The van der Waals surface area contributed by atoms with Crippen LogP contribution in [-0.2, 0) is 0 Å². The molecule has 2 aromatic carbocycles. The van der Waals surface area contributed by atoms with Crippen LogP contribution >= 0.6 is 0 Å². The van der Waals surface area contributed by atoms with Gasteiger partial charge in [0.2, 0.25) is 0 Å². The molecule has 0 N–H and O–H groups in total. The molecule has 3 atom stereocenters. The smallest absolute Gasteiger partial charge is 0.0162 e. The lowest BCUT2D eigenvalue weighted by Gasteiger charge is -2.21. The van der Waals surface area contributed by atoms with Gasteiger partial charge < -0.3 is 0 Å². The zero-order chi connectivity index (χ0) is 16.5. The van der Waals surface area contributed by atoms with Crippen molar-refractivity contribution in [2.24, 2.45) is 5.92 Å². The molecule has 0 radical (unpaired) electrons. The molecular formula is C30H60. The van der Waals surface area contributed by atoms with Crippen molar-refractivity contribution in [1.29, 1.82) is 0 Å². The third-order valence-corrected chi connectivity index (χ3v) is 5.15. The van der Waals surface area contributed by atoms with Crippen LogP contribution < -0.4 is 0 Å². The Labute approximate surface area is 194 Å². The first-order valence-corrected chi connectivity index (χ1v) is 9.30. The fourth-order valence-corrected chi connectivity index (χ4v) is 3.59. The molecule has 0 aliphatic heterocycles. The third-order valence-electron chi connectivity index (χ3n) is 5.15. The average Bonchev–Trinajstić information content (AvgIpc) is 2.61. The fraction of sp³-hybridized carbons (Fsp3) is 0.600. The molecule has 3 unspecified atom stereocenters. The summed E-state index contributed by atoms with van der Waals surface area (Å²) in [6, 6.07) is 22.0. The van der Waals surface area contributed by atoms with Crippen LogP contribution in [0, 0.1) is 5.92 Å². The molecule has 180 valence electrons. The van der Waals surface area contributed by atoms with Gasteiger partial charge in [0.15, 0.2) is 0 Å². The molecule has 0 heteroatoms. The highest BCUT2D eigenvalue weighted by Crippen LogP contribution is 2.30. The minimum absolute atomic E-state index is 0. The van der Waals surface area contributed by atoms with E-state index in [-0.39, 0.29) is 52.0 Å². The highest BCUT2D eigenvalue weighted by molar-refractivity contribution is 5.19. The van der Waals surface area contributed by atoms with Gasteiger partial charge in [0.25, 0.3) is 0 Å². The van der Waals surface area contributed by atoms with Crippen LogP contribution in [0.4, 0.5) is 0 Å². The second-order valence-electron chi connectivity index (χ2n) is 7.10. The molecule has 2 aromatic rings. The SMILES string of the molecule is C.C.C.C.C.C.C.CCC(CC(C)CCCC(C)c1ccccc1)c1ccccc1. The summed E-state index contributed by atoms with van der Waals surface area (Å²) in [5, 5.41) is 0. The third kappa shape index (κ3) is 14.4. The Bertz CT molecular complexity index is 528. The van der Waals surface area contributed by atoms with Crippen LogP contribution in [0.5, 0.6) is 0 Å². The maximum Gasteiger partial charge on any atom is -0.0162 e. The van der Waals surface area contributed by atoms with E-state index in [2.05, 4.69) is 81.4 Å². The monoisotopic (exact) mass is 420 g/mol. The van der Waals surface area contributed by atoms with Gasteiger partial charge in [-0.15, -0.1) is 0 Å². The molecule has 0 heterocycles. The summed E-state index contributed by atoms with van der Waals surface area (Å²) in [4.78, 5) is 0. The van der Waals surface area contributed by atoms with Gasteiger partial charge >= 0.3 is 0 Å². The average molecular weight is 421 g/mol. The summed E-state index contributed by atoms with van der Waals surface area (Å²) in [7, 11) is 0. The molecule has 2 rings (SSSR count). The quantitative estimate of drug-likeness (QED) is 0.378. The van der Waals surface area contributed by atoms with Crippen molar-refractivity contribution >= 4 is 0 Å². The van der Waals surface area contributed by atoms with Crippen molar-refractivity contribution < 1.29 is 0 Å². The first-order chi connectivity index (χ1) is 11.2. The van der Waals surface area contributed by atoms with E-state index < -0.39 is 0 Å². The molecule has 0 nitrogen and oxygen atoms in total. The van der Waals surface area contributed by atoms with Crippen LogP contribution in [0.25, 0.3) is 0 Å². The summed E-state index contributed by atoms with van der Waals surface area (Å²) in [5.74, 6) is 2.21. The van der Waals surface area contributed by atoms with Crippen molar-refractivity contribution in [3.05, 3.63) is 71.8 Å². The van der Waals surface area contributed by atoms with Crippen molar-refractivity contribution in [2.45, 2.75) is 117 Å². The Hall–Kier alpha value is -1.56. The maximum absolute atomic E-state index is 2.43. The van der Waals surface area contributed by atoms with Crippen LogP contribution in [0.2, 0.25) is 0 Å². The Kier molecular flexibility index (Phi) is 33.6. The first-order valence-electron chi connectivity index (χ1n) is 9.30. The summed E-state index contributed by atoms with van der Waals surface area (Å²) in [6.07, 6.45) is 6.55. The summed E-state index contributed by atoms with van der Waals surface area (Å²) in [5.41, 5.74) is 3.00. The van der Waals surface area contributed by atoms with Crippen LogP contribution in [-0.4, -0.2) is 0 Å². The normalized spacial score (nSPS) is 11.6.